The second-order valence-electron chi connectivity index (χ2n) is 9.89. The number of nitrogens with two attached hydrogens (primary N) is 2. The number of para-hydroxylation sites is 1. The molecule has 3 rings (SSSR count). The molecule has 0 aliphatic carbocycles. The topological polar surface area (TPSA) is 184 Å². The number of carbonyl (C=O) groups excluding carboxylic acids is 3. The molecule has 1 saturated heterocycles. The minimum Gasteiger partial charge on any atom is -0.480 e. The number of carboxylic acid groups (broad SMARTS) is 1. The number of carboxylic acids is 1. The van der Waals surface area contributed by atoms with Gasteiger partial charge in [0.2, 0.25) is 17.7 Å². The molecule has 0 radical (unpaired) electrons. The Hall–Kier alpha value is -3.09. The van der Waals surface area contributed by atoms with Crippen LogP contribution in [0.25, 0.3) is 10.9 Å². The highest BCUT2D eigenvalue weighted by Gasteiger charge is 2.39. The molecule has 0 spiro atoms. The largest absolute Gasteiger partial charge is 0.480 e. The number of rotatable bonds is 15. The monoisotopic (exact) mass is 560 g/mol. The Morgan fingerprint density at radius 3 is 2.64 bits per heavy atom. The van der Waals surface area contributed by atoms with Crippen molar-refractivity contribution in [2.45, 2.75) is 69.1 Å². The number of fused-ring (bicyclic) bond motifs is 1. The molecule has 1 aliphatic rings. The number of likely N-dealkylation sites (tertiary alicyclic amines) is 1. The van der Waals surface area contributed by atoms with Gasteiger partial charge in [0.15, 0.2) is 0 Å². The zero-order valence-electron chi connectivity index (χ0n) is 22.4. The summed E-state index contributed by atoms with van der Waals surface area (Å²) < 4.78 is 0. The Bertz CT molecular complexity index is 1140. The van der Waals surface area contributed by atoms with Crippen LogP contribution in [0.5, 0.6) is 0 Å². The summed E-state index contributed by atoms with van der Waals surface area (Å²) in [5.74, 6) is -1.73. The minimum atomic E-state index is -1.13. The zero-order valence-corrected chi connectivity index (χ0v) is 23.2. The van der Waals surface area contributed by atoms with E-state index in [0.29, 0.717) is 50.9 Å². The number of nitrogens with one attached hydrogen (secondary N) is 3. The molecule has 2 heterocycles. The van der Waals surface area contributed by atoms with Gasteiger partial charge in [-0.15, -0.1) is 0 Å². The second kappa shape index (κ2) is 14.9. The van der Waals surface area contributed by atoms with Crippen molar-refractivity contribution in [3.8, 4) is 0 Å². The van der Waals surface area contributed by atoms with Crippen LogP contribution in [0.15, 0.2) is 30.5 Å². The summed E-state index contributed by atoms with van der Waals surface area (Å²) in [6, 6.07) is 4.10. The third-order valence-corrected chi connectivity index (χ3v) is 7.73. The molecule has 1 aliphatic heterocycles. The molecule has 8 N–H and O–H groups in total. The van der Waals surface area contributed by atoms with Crippen molar-refractivity contribution in [2.24, 2.45) is 11.5 Å². The lowest BCUT2D eigenvalue weighted by Gasteiger charge is -2.30. The molecular weight excluding hydrogens is 520 g/mol. The molecule has 214 valence electrons. The summed E-state index contributed by atoms with van der Waals surface area (Å²) in [5.41, 5.74) is 13.4. The summed E-state index contributed by atoms with van der Waals surface area (Å²) in [6.07, 6.45) is 6.91. The number of hydrogen-bond acceptors (Lipinski definition) is 7. The minimum absolute atomic E-state index is 0.214. The molecule has 4 atom stereocenters. The first-order chi connectivity index (χ1) is 18.8. The van der Waals surface area contributed by atoms with E-state index in [1.165, 1.54) is 4.90 Å². The van der Waals surface area contributed by atoms with Crippen LogP contribution < -0.4 is 22.1 Å². The van der Waals surface area contributed by atoms with Crippen LogP contribution in [0, 0.1) is 0 Å². The Kier molecular flexibility index (Phi) is 11.6. The Balaban J connectivity index is 1.79. The number of aliphatic carboxylic acids is 1. The smallest absolute Gasteiger partial charge is 0.326 e. The SMILES string of the molecule is CSCCC(N)C(=O)NC(Cc1c[nH]c2ccccc12)C(=O)N1CCCC1C(=O)NC(CCCCN)C(=O)O. The number of carbonyl (C=O) groups is 4. The summed E-state index contributed by atoms with van der Waals surface area (Å²) in [4.78, 5) is 56.4. The number of unbranched alkanes of at least 4 members (excludes halogenated alkanes) is 1. The number of nitrogens with zero attached hydrogens (tertiary/aromatic N) is 1. The third-order valence-electron chi connectivity index (χ3n) is 7.08. The van der Waals surface area contributed by atoms with E-state index in [4.69, 9.17) is 11.5 Å². The highest BCUT2D eigenvalue weighted by atomic mass is 32.2. The standard InChI is InChI=1S/C27H40N6O5S/c1-39-14-11-19(29)24(34)32-22(15-17-16-30-20-8-3-2-7-18(17)20)26(36)33-13-6-10-23(33)25(35)31-21(27(37)38)9-4-5-12-28/h2-3,7-8,16,19,21-23,30H,4-6,9-15,28-29H2,1H3,(H,31,35)(H,32,34)(H,37,38). The Labute approximate surface area is 232 Å². The van der Waals surface area contributed by atoms with Crippen molar-refractivity contribution in [1.29, 1.82) is 0 Å². The van der Waals surface area contributed by atoms with E-state index < -0.39 is 47.9 Å². The average molecular weight is 561 g/mol. The van der Waals surface area contributed by atoms with E-state index in [-0.39, 0.29) is 12.8 Å². The van der Waals surface area contributed by atoms with Crippen LogP contribution in [-0.4, -0.2) is 87.9 Å². The van der Waals surface area contributed by atoms with E-state index >= 15 is 0 Å². The molecule has 39 heavy (non-hydrogen) atoms. The normalized spacial score (nSPS) is 17.5. The van der Waals surface area contributed by atoms with E-state index in [1.54, 1.807) is 11.8 Å². The Morgan fingerprint density at radius 2 is 1.92 bits per heavy atom. The number of amides is 3. The summed E-state index contributed by atoms with van der Waals surface area (Å²) in [7, 11) is 0. The molecule has 0 bridgehead atoms. The highest BCUT2D eigenvalue weighted by molar-refractivity contribution is 7.98. The lowest BCUT2D eigenvalue weighted by molar-refractivity contribution is -0.145. The van der Waals surface area contributed by atoms with E-state index in [2.05, 4.69) is 15.6 Å². The number of aromatic nitrogens is 1. The lowest BCUT2D eigenvalue weighted by atomic mass is 10.0. The third kappa shape index (κ3) is 8.20. The van der Waals surface area contributed by atoms with Gasteiger partial charge in [0.25, 0.3) is 0 Å². The average Bonchev–Trinajstić information content (AvgIpc) is 3.58. The van der Waals surface area contributed by atoms with Gasteiger partial charge in [0.1, 0.15) is 18.1 Å². The van der Waals surface area contributed by atoms with Crippen LogP contribution in [0.2, 0.25) is 0 Å². The van der Waals surface area contributed by atoms with Gasteiger partial charge in [-0.2, -0.15) is 11.8 Å². The van der Waals surface area contributed by atoms with E-state index in [0.717, 1.165) is 16.5 Å². The maximum absolute atomic E-state index is 13.9. The van der Waals surface area contributed by atoms with Gasteiger partial charge in [-0.1, -0.05) is 18.2 Å². The van der Waals surface area contributed by atoms with Crippen molar-refractivity contribution < 1.29 is 24.3 Å². The number of hydrogen-bond donors (Lipinski definition) is 6. The van der Waals surface area contributed by atoms with Gasteiger partial charge in [-0.25, -0.2) is 4.79 Å². The van der Waals surface area contributed by atoms with Crippen LogP contribution in [-0.2, 0) is 25.6 Å². The fourth-order valence-corrected chi connectivity index (χ4v) is 5.39. The highest BCUT2D eigenvalue weighted by Crippen LogP contribution is 2.23. The van der Waals surface area contributed by atoms with Crippen molar-refractivity contribution in [1.82, 2.24) is 20.5 Å². The van der Waals surface area contributed by atoms with Gasteiger partial charge < -0.3 is 37.1 Å². The van der Waals surface area contributed by atoms with Crippen LogP contribution in [0.3, 0.4) is 0 Å². The molecule has 1 aromatic carbocycles. The molecule has 3 amide bonds. The maximum atomic E-state index is 13.9. The van der Waals surface area contributed by atoms with Crippen molar-refractivity contribution in [2.75, 3.05) is 25.1 Å². The van der Waals surface area contributed by atoms with E-state index in [1.807, 2.05) is 36.7 Å². The summed E-state index contributed by atoms with van der Waals surface area (Å²) >= 11 is 1.58. The molecule has 4 unspecified atom stereocenters. The van der Waals surface area contributed by atoms with Crippen molar-refractivity contribution >= 4 is 46.4 Å². The van der Waals surface area contributed by atoms with Crippen LogP contribution >= 0.6 is 11.8 Å². The molecule has 11 nitrogen and oxygen atoms in total. The van der Waals surface area contributed by atoms with Gasteiger partial charge in [0, 0.05) is 30.1 Å². The Morgan fingerprint density at radius 1 is 1.15 bits per heavy atom. The van der Waals surface area contributed by atoms with Gasteiger partial charge in [-0.3, -0.25) is 14.4 Å². The summed E-state index contributed by atoms with van der Waals surface area (Å²) in [6.45, 7) is 0.774. The van der Waals surface area contributed by atoms with Gasteiger partial charge in [0.05, 0.1) is 6.04 Å². The number of benzene rings is 1. The van der Waals surface area contributed by atoms with E-state index in [9.17, 15) is 24.3 Å². The first-order valence-corrected chi connectivity index (χ1v) is 14.8. The molecule has 2 aromatic rings. The number of thioether (sulfide) groups is 1. The van der Waals surface area contributed by atoms with Crippen molar-refractivity contribution in [3.05, 3.63) is 36.0 Å². The van der Waals surface area contributed by atoms with Gasteiger partial charge in [-0.05, 0) is 68.7 Å². The predicted octanol–water partition coefficient (Wildman–Crippen LogP) is 0.965. The maximum Gasteiger partial charge on any atom is 0.326 e. The number of H-pyrrole nitrogens is 1. The molecule has 0 saturated carbocycles. The lowest BCUT2D eigenvalue weighted by Crippen LogP contribution is -2.57. The van der Waals surface area contributed by atoms with Crippen molar-refractivity contribution in [3.63, 3.8) is 0 Å². The molecular formula is C27H40N6O5S. The first-order valence-electron chi connectivity index (χ1n) is 13.4. The number of aromatic amines is 1. The quantitative estimate of drug-likeness (QED) is 0.174. The molecule has 1 fully saturated rings. The fraction of sp³-hybridized carbons (Fsp3) is 0.556. The predicted molar refractivity (Wildman–Crippen MR) is 152 cm³/mol. The summed E-state index contributed by atoms with van der Waals surface area (Å²) in [5, 5.41) is 16.0. The van der Waals surface area contributed by atoms with Crippen LogP contribution in [0.1, 0.15) is 44.1 Å². The zero-order chi connectivity index (χ0) is 28.4. The first kappa shape index (κ1) is 30.5. The molecule has 12 heteroatoms. The van der Waals surface area contributed by atoms with Crippen LogP contribution in [0.4, 0.5) is 0 Å². The van der Waals surface area contributed by atoms with Gasteiger partial charge >= 0.3 is 5.97 Å². The second-order valence-corrected chi connectivity index (χ2v) is 10.9. The molecule has 1 aromatic heterocycles. The fourth-order valence-electron chi connectivity index (χ4n) is 4.90.